The Labute approximate surface area is 158 Å². The molecule has 0 heterocycles. The van der Waals surface area contributed by atoms with Crippen LogP contribution in [0.15, 0.2) is 0 Å². The van der Waals surface area contributed by atoms with Crippen LogP contribution >= 0.6 is 0 Å². The van der Waals surface area contributed by atoms with E-state index in [1.54, 1.807) is 0 Å². The van der Waals surface area contributed by atoms with E-state index < -0.39 is 0 Å². The van der Waals surface area contributed by atoms with Crippen molar-refractivity contribution in [3.8, 4) is 0 Å². The molecule has 3 aliphatic carbocycles. The summed E-state index contributed by atoms with van der Waals surface area (Å²) in [7, 11) is 0. The third-order valence-electron chi connectivity index (χ3n) is 9.48. The zero-order valence-electron chi connectivity index (χ0n) is 18.5. The van der Waals surface area contributed by atoms with E-state index in [9.17, 15) is 0 Å². The van der Waals surface area contributed by atoms with Gasteiger partial charge < -0.3 is 0 Å². The summed E-state index contributed by atoms with van der Waals surface area (Å²) in [6.07, 6.45) is 7.48. The molecule has 0 bridgehead atoms. The van der Waals surface area contributed by atoms with Crippen molar-refractivity contribution in [2.24, 2.45) is 71.0 Å². The lowest BCUT2D eigenvalue weighted by atomic mass is 9.54. The van der Waals surface area contributed by atoms with Gasteiger partial charge in [-0.2, -0.15) is 0 Å². The maximum absolute atomic E-state index is 2.59. The van der Waals surface area contributed by atoms with Gasteiger partial charge in [-0.25, -0.2) is 0 Å². The van der Waals surface area contributed by atoms with Crippen LogP contribution in [0.1, 0.15) is 87.5 Å². The van der Waals surface area contributed by atoms with Gasteiger partial charge in [-0.05, 0) is 96.7 Å². The highest BCUT2D eigenvalue weighted by Gasteiger charge is 2.51. The van der Waals surface area contributed by atoms with E-state index in [2.05, 4.69) is 55.4 Å². The van der Waals surface area contributed by atoms with Gasteiger partial charge in [0.1, 0.15) is 0 Å². The first-order valence-electron chi connectivity index (χ1n) is 11.8. The van der Waals surface area contributed by atoms with E-state index in [1.165, 1.54) is 32.1 Å². The predicted molar refractivity (Wildman–Crippen MR) is 110 cm³/mol. The average Bonchev–Trinajstić information content (AvgIpc) is 3.17. The summed E-state index contributed by atoms with van der Waals surface area (Å²) in [5.74, 6) is 12.0. The molecular formula is C25H46. The van der Waals surface area contributed by atoms with Crippen LogP contribution in [0, 0.1) is 71.0 Å². The highest BCUT2D eigenvalue weighted by Crippen LogP contribution is 2.58. The quantitative estimate of drug-likeness (QED) is 0.426. The zero-order valence-corrected chi connectivity index (χ0v) is 18.5. The summed E-state index contributed by atoms with van der Waals surface area (Å²) in [4.78, 5) is 0. The molecule has 3 fully saturated rings. The van der Waals surface area contributed by atoms with Crippen molar-refractivity contribution >= 4 is 0 Å². The van der Waals surface area contributed by atoms with Gasteiger partial charge in [0.15, 0.2) is 0 Å². The second kappa shape index (κ2) is 7.55. The molecule has 0 spiro atoms. The molecule has 0 nitrogen and oxygen atoms in total. The van der Waals surface area contributed by atoms with Crippen LogP contribution in [-0.4, -0.2) is 0 Å². The number of rotatable bonds is 8. The average molecular weight is 347 g/mol. The van der Waals surface area contributed by atoms with Crippen LogP contribution in [0.5, 0.6) is 0 Å². The molecule has 0 aromatic rings. The minimum atomic E-state index is 0.898. The second-order valence-electron chi connectivity index (χ2n) is 11.3. The summed E-state index contributed by atoms with van der Waals surface area (Å²) < 4.78 is 0. The second-order valence-corrected chi connectivity index (χ2v) is 11.3. The maximum Gasteiger partial charge on any atom is -0.0331 e. The van der Waals surface area contributed by atoms with Gasteiger partial charge in [-0.15, -0.1) is 0 Å². The highest BCUT2D eigenvalue weighted by molar-refractivity contribution is 4.99. The molecule has 11 unspecified atom stereocenters. The molecule has 0 N–H and O–H groups in total. The molecule has 0 saturated heterocycles. The fourth-order valence-corrected chi connectivity index (χ4v) is 7.69. The van der Waals surface area contributed by atoms with Crippen molar-refractivity contribution in [1.29, 1.82) is 0 Å². The summed E-state index contributed by atoms with van der Waals surface area (Å²) in [5.41, 5.74) is 0. The monoisotopic (exact) mass is 346 g/mol. The van der Waals surface area contributed by atoms with Gasteiger partial charge in [0.2, 0.25) is 0 Å². The van der Waals surface area contributed by atoms with E-state index in [-0.39, 0.29) is 0 Å². The van der Waals surface area contributed by atoms with Crippen molar-refractivity contribution in [3.05, 3.63) is 0 Å². The van der Waals surface area contributed by atoms with Crippen molar-refractivity contribution in [2.75, 3.05) is 0 Å². The minimum Gasteiger partial charge on any atom is -0.0651 e. The van der Waals surface area contributed by atoms with E-state index in [0.717, 1.165) is 71.0 Å². The van der Waals surface area contributed by atoms with Gasteiger partial charge in [-0.3, -0.25) is 0 Å². The topological polar surface area (TPSA) is 0 Å². The van der Waals surface area contributed by atoms with E-state index in [4.69, 9.17) is 0 Å². The molecule has 0 aromatic heterocycles. The molecule has 3 saturated carbocycles. The maximum atomic E-state index is 2.59. The van der Waals surface area contributed by atoms with Crippen LogP contribution in [0.4, 0.5) is 0 Å². The van der Waals surface area contributed by atoms with Crippen LogP contribution in [-0.2, 0) is 0 Å². The van der Waals surface area contributed by atoms with Crippen molar-refractivity contribution in [1.82, 2.24) is 0 Å². The molecule has 146 valence electrons. The zero-order chi connectivity index (χ0) is 18.5. The molecule has 0 amide bonds. The van der Waals surface area contributed by atoms with E-state index in [0.29, 0.717) is 0 Å². The lowest BCUT2D eigenvalue weighted by Gasteiger charge is -2.52. The molecule has 3 aliphatic rings. The molecule has 25 heavy (non-hydrogen) atoms. The Morgan fingerprint density at radius 1 is 0.720 bits per heavy atom. The summed E-state index contributed by atoms with van der Waals surface area (Å²) in [5, 5.41) is 0. The molecule has 0 aromatic carbocycles. The smallest absolute Gasteiger partial charge is 0.0331 e. The molecule has 0 radical (unpaired) electrons. The summed E-state index contributed by atoms with van der Waals surface area (Å²) in [6.45, 7) is 20.0. The standard InChI is InChI=1S/C25H46/c1-9-20-15(4)10-21(20)16(5)11-22-17(6)12-23(22)18(7)13-24-19(8)25(24)14(2)3/h14-25H,9-13H2,1-8H3. The summed E-state index contributed by atoms with van der Waals surface area (Å²) >= 11 is 0. The van der Waals surface area contributed by atoms with Crippen LogP contribution in [0.25, 0.3) is 0 Å². The first-order chi connectivity index (χ1) is 11.8. The highest BCUT2D eigenvalue weighted by atomic mass is 14.6. The van der Waals surface area contributed by atoms with Crippen molar-refractivity contribution in [3.63, 3.8) is 0 Å². The molecule has 3 rings (SSSR count). The Morgan fingerprint density at radius 2 is 1.20 bits per heavy atom. The largest absolute Gasteiger partial charge is 0.0651 e. The van der Waals surface area contributed by atoms with Gasteiger partial charge in [0.05, 0.1) is 0 Å². The van der Waals surface area contributed by atoms with E-state index in [1.807, 2.05) is 0 Å². The van der Waals surface area contributed by atoms with Gasteiger partial charge in [0.25, 0.3) is 0 Å². The van der Waals surface area contributed by atoms with Crippen LogP contribution < -0.4 is 0 Å². The van der Waals surface area contributed by atoms with Crippen molar-refractivity contribution in [2.45, 2.75) is 87.5 Å². The van der Waals surface area contributed by atoms with Gasteiger partial charge >= 0.3 is 0 Å². The molecule has 11 atom stereocenters. The van der Waals surface area contributed by atoms with E-state index >= 15 is 0 Å². The SMILES string of the molecule is CCC1C(C)CC1C(C)CC1C(C)CC1C(C)CC1C(C)C1C(C)C. The minimum absolute atomic E-state index is 0.898. The Morgan fingerprint density at radius 3 is 1.60 bits per heavy atom. The number of hydrogen-bond acceptors (Lipinski definition) is 0. The first kappa shape index (κ1) is 19.8. The fraction of sp³-hybridized carbons (Fsp3) is 1.00. The molecule has 0 aliphatic heterocycles. The van der Waals surface area contributed by atoms with Gasteiger partial charge in [-0.1, -0.05) is 61.8 Å². The first-order valence-corrected chi connectivity index (χ1v) is 11.8. The Kier molecular flexibility index (Phi) is 5.97. The molecule has 0 heteroatoms. The normalized spacial score (nSPS) is 48.6. The predicted octanol–water partition coefficient (Wildman–Crippen LogP) is 7.53. The van der Waals surface area contributed by atoms with Gasteiger partial charge in [0, 0.05) is 0 Å². The third-order valence-corrected chi connectivity index (χ3v) is 9.48. The fourth-order valence-electron chi connectivity index (χ4n) is 7.69. The lowest BCUT2D eigenvalue weighted by Crippen LogP contribution is -2.44. The summed E-state index contributed by atoms with van der Waals surface area (Å²) in [6, 6.07) is 0. The Balaban J connectivity index is 1.50. The number of hydrogen-bond donors (Lipinski definition) is 0. The van der Waals surface area contributed by atoms with Crippen LogP contribution in [0.2, 0.25) is 0 Å². The third kappa shape index (κ3) is 3.70. The Bertz CT molecular complexity index is 437. The lowest BCUT2D eigenvalue weighted by molar-refractivity contribution is -0.0233. The van der Waals surface area contributed by atoms with Crippen LogP contribution in [0.3, 0.4) is 0 Å². The molecular weight excluding hydrogens is 300 g/mol. The Hall–Kier alpha value is 0. The van der Waals surface area contributed by atoms with Crippen molar-refractivity contribution < 1.29 is 0 Å².